The largest absolute Gasteiger partial charge is 0.396 e. The first kappa shape index (κ1) is 16.5. The topological polar surface area (TPSA) is 20.2 Å². The molecule has 2 aliphatic carbocycles. The molecule has 2 saturated carbocycles. The molecule has 0 radical (unpaired) electrons. The Morgan fingerprint density at radius 3 is 2.71 bits per heavy atom. The van der Waals surface area contributed by atoms with Gasteiger partial charge in [0.2, 0.25) is 0 Å². The molecule has 0 aromatic rings. The van der Waals surface area contributed by atoms with E-state index in [0.29, 0.717) is 23.9 Å². The summed E-state index contributed by atoms with van der Waals surface area (Å²) in [5.74, 6) is 1.18. The van der Waals surface area contributed by atoms with E-state index < -0.39 is 0 Å². The molecule has 4 atom stereocenters. The van der Waals surface area contributed by atoms with E-state index in [-0.39, 0.29) is 5.41 Å². The third kappa shape index (κ3) is 2.90. The molecule has 1 N–H and O–H groups in total. The van der Waals surface area contributed by atoms with Gasteiger partial charge in [-0.15, -0.1) is 0 Å². The minimum atomic E-state index is 0.100. The average molecular weight is 288 g/mol. The molecule has 21 heavy (non-hydrogen) atoms. The van der Waals surface area contributed by atoms with Crippen molar-refractivity contribution in [3.63, 3.8) is 0 Å². The predicted molar refractivity (Wildman–Crippen MR) is 91.1 cm³/mol. The lowest BCUT2D eigenvalue weighted by molar-refractivity contribution is -0.0837. The summed E-state index contributed by atoms with van der Waals surface area (Å²) in [6.45, 7) is 15.4. The van der Waals surface area contributed by atoms with Crippen LogP contribution >= 0.6 is 0 Å². The molecule has 1 heteroatoms. The van der Waals surface area contributed by atoms with Gasteiger partial charge in [-0.3, -0.25) is 0 Å². The molecule has 0 unspecified atom stereocenters. The normalized spacial score (nSPS) is 40.8. The summed E-state index contributed by atoms with van der Waals surface area (Å²) >= 11 is 0. The minimum Gasteiger partial charge on any atom is -0.396 e. The van der Waals surface area contributed by atoms with Gasteiger partial charge >= 0.3 is 0 Å². The monoisotopic (exact) mass is 288 g/mol. The van der Waals surface area contributed by atoms with Crippen molar-refractivity contribution in [2.75, 3.05) is 6.61 Å². The van der Waals surface area contributed by atoms with Crippen LogP contribution in [0.1, 0.15) is 59.3 Å². The molecule has 0 aliphatic heterocycles. The summed E-state index contributed by atoms with van der Waals surface area (Å²) in [6, 6.07) is 0. The van der Waals surface area contributed by atoms with Gasteiger partial charge in [0.1, 0.15) is 0 Å². The van der Waals surface area contributed by atoms with Gasteiger partial charge in [-0.1, -0.05) is 56.7 Å². The van der Waals surface area contributed by atoms with E-state index in [9.17, 15) is 5.11 Å². The van der Waals surface area contributed by atoms with E-state index in [0.717, 1.165) is 12.8 Å². The zero-order valence-electron chi connectivity index (χ0n) is 14.1. The molecule has 0 amide bonds. The predicted octanol–water partition coefficient (Wildman–Crippen LogP) is 5.28. The highest BCUT2D eigenvalue weighted by Gasteiger charge is 2.53. The molecule has 0 heterocycles. The number of hydrogen-bond acceptors (Lipinski definition) is 1. The molecule has 0 saturated heterocycles. The van der Waals surface area contributed by atoms with Crippen molar-refractivity contribution in [1.82, 2.24) is 0 Å². The molecule has 0 bridgehead atoms. The first-order valence-electron chi connectivity index (χ1n) is 8.45. The minimum absolute atomic E-state index is 0.100. The third-order valence-corrected chi connectivity index (χ3v) is 6.50. The zero-order chi connectivity index (χ0) is 15.7. The Morgan fingerprint density at radius 1 is 1.38 bits per heavy atom. The molecule has 2 aliphatic rings. The van der Waals surface area contributed by atoms with Gasteiger partial charge in [-0.2, -0.15) is 0 Å². The molecule has 0 aromatic heterocycles. The first-order chi connectivity index (χ1) is 9.87. The van der Waals surface area contributed by atoms with Crippen molar-refractivity contribution in [3.8, 4) is 0 Å². The molecule has 2 rings (SSSR count). The Labute approximate surface area is 130 Å². The maximum absolute atomic E-state index is 9.96. The number of rotatable bonds is 4. The quantitative estimate of drug-likeness (QED) is 0.551. The Hall–Kier alpha value is -0.820. The summed E-state index contributed by atoms with van der Waals surface area (Å²) < 4.78 is 0. The van der Waals surface area contributed by atoms with Crippen molar-refractivity contribution in [3.05, 3.63) is 36.5 Å². The van der Waals surface area contributed by atoms with Crippen LogP contribution in [0.4, 0.5) is 0 Å². The maximum atomic E-state index is 9.96. The van der Waals surface area contributed by atoms with Crippen molar-refractivity contribution in [2.45, 2.75) is 59.3 Å². The van der Waals surface area contributed by atoms with Crippen molar-refractivity contribution < 1.29 is 5.11 Å². The van der Waals surface area contributed by atoms with Gasteiger partial charge in [-0.05, 0) is 61.7 Å². The van der Waals surface area contributed by atoms with E-state index in [1.807, 2.05) is 6.08 Å². The van der Waals surface area contributed by atoms with Crippen LogP contribution in [0.25, 0.3) is 0 Å². The fraction of sp³-hybridized carbons (Fsp3) is 0.700. The lowest BCUT2D eigenvalue weighted by atomic mass is 9.47. The van der Waals surface area contributed by atoms with Crippen LogP contribution in [-0.4, -0.2) is 11.7 Å². The van der Waals surface area contributed by atoms with Gasteiger partial charge in [0.05, 0.1) is 0 Å². The van der Waals surface area contributed by atoms with E-state index >= 15 is 0 Å². The molecular formula is C20H32O. The van der Waals surface area contributed by atoms with Crippen LogP contribution < -0.4 is 0 Å². The lowest BCUT2D eigenvalue weighted by Gasteiger charge is -2.58. The Morgan fingerprint density at radius 2 is 2.10 bits per heavy atom. The highest BCUT2D eigenvalue weighted by molar-refractivity contribution is 5.20. The second-order valence-electron chi connectivity index (χ2n) is 7.86. The Bertz CT molecular complexity index is 447. The maximum Gasteiger partial charge on any atom is 0.0487 e. The Balaban J connectivity index is 2.31. The second-order valence-corrected chi connectivity index (χ2v) is 7.86. The van der Waals surface area contributed by atoms with Gasteiger partial charge in [0.25, 0.3) is 0 Å². The molecule has 2 fully saturated rings. The number of aliphatic hydroxyl groups excluding tert-OH is 1. The summed E-state index contributed by atoms with van der Waals surface area (Å²) in [7, 11) is 0. The van der Waals surface area contributed by atoms with Crippen LogP contribution in [0.15, 0.2) is 36.5 Å². The molecule has 118 valence electrons. The SMILES string of the molecule is C=C/C(C)=C/C[C@H]1C(=C)CC[C@H]2[C@@](C)(CO)CCC[C@@]12C. The number of hydrogen-bond donors (Lipinski definition) is 1. The fourth-order valence-corrected chi connectivity index (χ4v) is 5.10. The van der Waals surface area contributed by atoms with Crippen molar-refractivity contribution in [2.24, 2.45) is 22.7 Å². The van der Waals surface area contributed by atoms with E-state index in [1.54, 1.807) is 0 Å². The van der Waals surface area contributed by atoms with Crippen LogP contribution in [-0.2, 0) is 0 Å². The van der Waals surface area contributed by atoms with Crippen LogP contribution in [0, 0.1) is 22.7 Å². The van der Waals surface area contributed by atoms with E-state index in [4.69, 9.17) is 0 Å². The summed E-state index contributed by atoms with van der Waals surface area (Å²) in [4.78, 5) is 0. The van der Waals surface area contributed by atoms with E-state index in [2.05, 4.69) is 40.0 Å². The Kier molecular flexibility index (Phi) is 4.82. The molecule has 0 spiro atoms. The van der Waals surface area contributed by atoms with E-state index in [1.165, 1.54) is 36.8 Å². The fourth-order valence-electron chi connectivity index (χ4n) is 5.10. The highest BCUT2D eigenvalue weighted by atomic mass is 16.3. The zero-order valence-corrected chi connectivity index (χ0v) is 14.1. The number of fused-ring (bicyclic) bond motifs is 1. The summed E-state index contributed by atoms with van der Waals surface area (Å²) in [6.07, 6.45) is 11.3. The highest BCUT2D eigenvalue weighted by Crippen LogP contribution is 2.61. The van der Waals surface area contributed by atoms with Crippen LogP contribution in [0.5, 0.6) is 0 Å². The first-order valence-corrected chi connectivity index (χ1v) is 8.45. The van der Waals surface area contributed by atoms with Crippen LogP contribution in [0.2, 0.25) is 0 Å². The summed E-state index contributed by atoms with van der Waals surface area (Å²) in [5.41, 5.74) is 3.07. The van der Waals surface area contributed by atoms with Gasteiger partial charge in [0, 0.05) is 6.61 Å². The van der Waals surface area contributed by atoms with Gasteiger partial charge < -0.3 is 5.11 Å². The number of allylic oxidation sites excluding steroid dienone is 4. The average Bonchev–Trinajstić information content (AvgIpc) is 2.45. The lowest BCUT2D eigenvalue weighted by Crippen LogP contribution is -2.51. The van der Waals surface area contributed by atoms with Crippen molar-refractivity contribution in [1.29, 1.82) is 0 Å². The second kappa shape index (κ2) is 6.12. The third-order valence-electron chi connectivity index (χ3n) is 6.50. The van der Waals surface area contributed by atoms with Crippen molar-refractivity contribution >= 4 is 0 Å². The van der Waals surface area contributed by atoms with Gasteiger partial charge in [-0.25, -0.2) is 0 Å². The molecule has 1 nitrogen and oxygen atoms in total. The van der Waals surface area contributed by atoms with Gasteiger partial charge in [0.15, 0.2) is 0 Å². The number of aliphatic hydroxyl groups is 1. The van der Waals surface area contributed by atoms with Crippen LogP contribution in [0.3, 0.4) is 0 Å². The smallest absolute Gasteiger partial charge is 0.0487 e. The summed E-state index contributed by atoms with van der Waals surface area (Å²) in [5, 5.41) is 9.96. The molecule has 0 aromatic carbocycles. The standard InChI is InChI=1S/C20H32O/c1-6-15(2)8-10-17-16(3)9-11-18-19(4,14-21)12-7-13-20(17,18)5/h6,8,17-18,21H,1,3,7,9-14H2,2,4-5H3/b15-8+/t17-,18-,19+,20-/m0/s1. The molecular weight excluding hydrogens is 256 g/mol.